The van der Waals surface area contributed by atoms with Crippen LogP contribution < -0.4 is 5.32 Å². The van der Waals surface area contributed by atoms with Gasteiger partial charge in [-0.05, 0) is 30.5 Å². The van der Waals surface area contributed by atoms with Crippen molar-refractivity contribution in [3.63, 3.8) is 0 Å². The number of carbonyl (C=O) groups is 1. The Kier molecular flexibility index (Phi) is 3.46. The molecular weight excluding hydrogens is 280 g/mol. The lowest BCUT2D eigenvalue weighted by Crippen LogP contribution is -2.57. The summed E-state index contributed by atoms with van der Waals surface area (Å²) in [6.07, 6.45) is 3.27. The maximum absolute atomic E-state index is 12.1. The maximum atomic E-state index is 12.1. The number of urea groups is 1. The lowest BCUT2D eigenvalue weighted by molar-refractivity contribution is 0.159. The average molecular weight is 295 g/mol. The summed E-state index contributed by atoms with van der Waals surface area (Å²) < 4.78 is 0. The number of amides is 2. The zero-order valence-electron chi connectivity index (χ0n) is 10.4. The first-order valence-corrected chi connectivity index (χ1v) is 7.29. The molecule has 1 aromatic rings. The van der Waals surface area contributed by atoms with E-state index in [-0.39, 0.29) is 12.1 Å². The Bertz CT molecular complexity index is 517. The lowest BCUT2D eigenvalue weighted by atomic mass is 9.99. The molecule has 100 valence electrons. The van der Waals surface area contributed by atoms with Crippen molar-refractivity contribution in [2.45, 2.75) is 31.8 Å². The molecular formula is C14H15ClN2OS. The lowest BCUT2D eigenvalue weighted by Gasteiger charge is -2.38. The van der Waals surface area contributed by atoms with Crippen LogP contribution in [0, 0.1) is 5.92 Å². The molecule has 1 aliphatic carbocycles. The number of carbonyl (C=O) groups excluding carboxylic acids is 1. The second-order valence-corrected chi connectivity index (χ2v) is 6.03. The molecule has 1 aromatic carbocycles. The standard InChI is InChI=1S/C14H15ClN2OS/c15-10-6-4-9(5-7-10)8-17-12-3-1-2-11(12)13(19)16-14(17)18/h4-7,11-12H,1-3,8H2,(H,16,18,19). The van der Waals surface area contributed by atoms with Gasteiger partial charge in [0.2, 0.25) is 0 Å². The van der Waals surface area contributed by atoms with Crippen LogP contribution in [0.4, 0.5) is 4.79 Å². The van der Waals surface area contributed by atoms with Gasteiger partial charge >= 0.3 is 6.03 Å². The number of hydrogen-bond acceptors (Lipinski definition) is 2. The van der Waals surface area contributed by atoms with Crippen LogP contribution in [-0.4, -0.2) is 22.0 Å². The van der Waals surface area contributed by atoms with Crippen molar-refractivity contribution in [2.24, 2.45) is 5.92 Å². The fourth-order valence-corrected chi connectivity index (χ4v) is 3.50. The van der Waals surface area contributed by atoms with E-state index in [1.165, 1.54) is 0 Å². The molecule has 0 bridgehead atoms. The van der Waals surface area contributed by atoms with Gasteiger partial charge in [-0.25, -0.2) is 4.79 Å². The highest BCUT2D eigenvalue weighted by Gasteiger charge is 2.41. The second-order valence-electron chi connectivity index (χ2n) is 5.15. The van der Waals surface area contributed by atoms with E-state index in [0.717, 1.165) is 29.8 Å². The topological polar surface area (TPSA) is 32.3 Å². The van der Waals surface area contributed by atoms with E-state index >= 15 is 0 Å². The SMILES string of the molecule is O=C1NC(=S)C2CCCC2N1Cc1ccc(Cl)cc1. The van der Waals surface area contributed by atoms with Crippen LogP contribution in [0.3, 0.4) is 0 Å². The smallest absolute Gasteiger partial charge is 0.317 e. The Morgan fingerprint density at radius 2 is 2.05 bits per heavy atom. The predicted molar refractivity (Wildman–Crippen MR) is 79.3 cm³/mol. The van der Waals surface area contributed by atoms with Gasteiger partial charge in [-0.1, -0.05) is 42.4 Å². The number of nitrogens with zero attached hydrogens (tertiary/aromatic N) is 1. The van der Waals surface area contributed by atoms with Gasteiger partial charge in [-0.15, -0.1) is 0 Å². The molecule has 1 heterocycles. The number of benzene rings is 1. The highest BCUT2D eigenvalue weighted by molar-refractivity contribution is 7.80. The van der Waals surface area contributed by atoms with Gasteiger partial charge in [0.25, 0.3) is 0 Å². The Hall–Kier alpha value is -1.13. The van der Waals surface area contributed by atoms with Crippen molar-refractivity contribution in [1.82, 2.24) is 10.2 Å². The number of nitrogens with one attached hydrogen (secondary N) is 1. The van der Waals surface area contributed by atoms with Crippen molar-refractivity contribution in [3.05, 3.63) is 34.9 Å². The molecule has 1 saturated carbocycles. The van der Waals surface area contributed by atoms with Crippen LogP contribution in [0.5, 0.6) is 0 Å². The zero-order valence-corrected chi connectivity index (χ0v) is 12.0. The number of hydrogen-bond donors (Lipinski definition) is 1. The number of fused-ring (bicyclic) bond motifs is 1. The van der Waals surface area contributed by atoms with Crippen LogP contribution in [0.15, 0.2) is 24.3 Å². The van der Waals surface area contributed by atoms with Crippen molar-refractivity contribution < 1.29 is 4.79 Å². The van der Waals surface area contributed by atoms with E-state index in [9.17, 15) is 4.79 Å². The molecule has 1 aliphatic heterocycles. The summed E-state index contributed by atoms with van der Waals surface area (Å²) >= 11 is 11.2. The molecule has 2 unspecified atom stereocenters. The van der Waals surface area contributed by atoms with Gasteiger partial charge in [0.1, 0.15) is 0 Å². The minimum atomic E-state index is -0.0666. The second kappa shape index (κ2) is 5.10. The average Bonchev–Trinajstić information content (AvgIpc) is 2.86. The third-order valence-corrected chi connectivity index (χ3v) is 4.63. The molecule has 2 amide bonds. The fraction of sp³-hybridized carbons (Fsp3) is 0.429. The Morgan fingerprint density at radius 3 is 2.79 bits per heavy atom. The van der Waals surface area contributed by atoms with Gasteiger partial charge < -0.3 is 10.2 Å². The molecule has 1 N–H and O–H groups in total. The van der Waals surface area contributed by atoms with Gasteiger partial charge in [0.05, 0.1) is 4.99 Å². The molecule has 1 saturated heterocycles. The molecule has 0 radical (unpaired) electrons. The largest absolute Gasteiger partial charge is 0.322 e. The first kappa shape index (κ1) is 12.9. The molecule has 5 heteroatoms. The van der Waals surface area contributed by atoms with E-state index in [0.29, 0.717) is 17.5 Å². The highest BCUT2D eigenvalue weighted by atomic mass is 35.5. The van der Waals surface area contributed by atoms with E-state index in [2.05, 4.69) is 5.32 Å². The van der Waals surface area contributed by atoms with E-state index in [1.54, 1.807) is 0 Å². The molecule has 2 atom stereocenters. The minimum absolute atomic E-state index is 0.0666. The van der Waals surface area contributed by atoms with Crippen molar-refractivity contribution in [2.75, 3.05) is 0 Å². The summed E-state index contributed by atoms with van der Waals surface area (Å²) in [6, 6.07) is 7.84. The van der Waals surface area contributed by atoms with E-state index in [1.807, 2.05) is 29.2 Å². The number of rotatable bonds is 2. The third-order valence-electron chi connectivity index (χ3n) is 3.97. The predicted octanol–water partition coefficient (Wildman–Crippen LogP) is 3.36. The van der Waals surface area contributed by atoms with Crippen molar-refractivity contribution in [1.29, 1.82) is 0 Å². The van der Waals surface area contributed by atoms with Crippen LogP contribution in [0.2, 0.25) is 5.02 Å². The van der Waals surface area contributed by atoms with Gasteiger partial charge in [0.15, 0.2) is 0 Å². The van der Waals surface area contributed by atoms with Crippen LogP contribution in [0.25, 0.3) is 0 Å². The van der Waals surface area contributed by atoms with Gasteiger partial charge in [0, 0.05) is 23.5 Å². The summed E-state index contributed by atoms with van der Waals surface area (Å²) in [5.41, 5.74) is 1.10. The molecule has 3 rings (SSSR count). The summed E-state index contributed by atoms with van der Waals surface area (Å²) in [4.78, 5) is 14.8. The Morgan fingerprint density at radius 1 is 1.32 bits per heavy atom. The van der Waals surface area contributed by atoms with Crippen molar-refractivity contribution in [3.8, 4) is 0 Å². The summed E-state index contributed by atoms with van der Waals surface area (Å²) in [5, 5.41) is 3.54. The third kappa shape index (κ3) is 2.47. The number of halogens is 1. The first-order chi connectivity index (χ1) is 9.15. The summed E-state index contributed by atoms with van der Waals surface area (Å²) in [6.45, 7) is 0.618. The van der Waals surface area contributed by atoms with E-state index < -0.39 is 0 Å². The maximum Gasteiger partial charge on any atom is 0.322 e. The first-order valence-electron chi connectivity index (χ1n) is 6.51. The molecule has 3 nitrogen and oxygen atoms in total. The van der Waals surface area contributed by atoms with E-state index in [4.69, 9.17) is 23.8 Å². The van der Waals surface area contributed by atoms with Crippen molar-refractivity contribution >= 4 is 34.8 Å². The van der Waals surface area contributed by atoms with Crippen LogP contribution in [0.1, 0.15) is 24.8 Å². The molecule has 2 fully saturated rings. The summed E-state index contributed by atoms with van der Waals surface area (Å²) in [5.74, 6) is 0.333. The van der Waals surface area contributed by atoms with Gasteiger partial charge in [-0.3, -0.25) is 0 Å². The van der Waals surface area contributed by atoms with Crippen LogP contribution in [-0.2, 0) is 6.54 Å². The quantitative estimate of drug-likeness (QED) is 0.848. The Balaban J connectivity index is 1.80. The number of thiocarbonyl (C=S) groups is 1. The minimum Gasteiger partial charge on any atom is -0.317 e. The summed E-state index contributed by atoms with van der Waals surface area (Å²) in [7, 11) is 0. The molecule has 0 spiro atoms. The Labute approximate surface area is 122 Å². The monoisotopic (exact) mass is 294 g/mol. The van der Waals surface area contributed by atoms with Gasteiger partial charge in [-0.2, -0.15) is 0 Å². The molecule has 2 aliphatic rings. The zero-order chi connectivity index (χ0) is 13.4. The molecule has 0 aromatic heterocycles. The van der Waals surface area contributed by atoms with Crippen LogP contribution >= 0.6 is 23.8 Å². The molecule has 19 heavy (non-hydrogen) atoms. The highest BCUT2D eigenvalue weighted by Crippen LogP contribution is 2.34. The normalized spacial score (nSPS) is 26.3. The fourth-order valence-electron chi connectivity index (χ4n) is 3.02.